The number of imidazole rings is 1. The van der Waals surface area contributed by atoms with E-state index >= 15 is 0 Å². The van der Waals surface area contributed by atoms with Crippen molar-refractivity contribution < 1.29 is 23.5 Å². The highest BCUT2D eigenvalue weighted by Gasteiger charge is 2.54. The van der Waals surface area contributed by atoms with Crippen molar-refractivity contribution in [3.8, 4) is 11.4 Å². The van der Waals surface area contributed by atoms with Crippen molar-refractivity contribution in [3.05, 3.63) is 83.0 Å². The first-order chi connectivity index (χ1) is 17.3. The van der Waals surface area contributed by atoms with Gasteiger partial charge in [0.05, 0.1) is 24.8 Å². The van der Waals surface area contributed by atoms with Gasteiger partial charge in [0.15, 0.2) is 5.84 Å². The fraction of sp³-hybridized carbons (Fsp3) is 0.333. The maximum atomic E-state index is 14.2. The predicted octanol–water partition coefficient (Wildman–Crippen LogP) is 4.91. The van der Waals surface area contributed by atoms with Crippen molar-refractivity contribution in [2.24, 2.45) is 5.16 Å². The summed E-state index contributed by atoms with van der Waals surface area (Å²) in [5.74, 6) is -0.243. The molecule has 1 saturated heterocycles. The first-order valence-corrected chi connectivity index (χ1v) is 11.9. The quantitative estimate of drug-likeness (QED) is 0.527. The molecule has 2 aromatic carbocycles. The molecule has 2 aliphatic heterocycles. The number of aliphatic hydroxyl groups excluding tert-OH is 1. The van der Waals surface area contributed by atoms with Crippen LogP contribution in [0.2, 0.25) is 0 Å². The fourth-order valence-corrected chi connectivity index (χ4v) is 4.98. The van der Waals surface area contributed by atoms with Gasteiger partial charge < -0.3 is 24.1 Å². The zero-order chi connectivity index (χ0) is 25.4. The van der Waals surface area contributed by atoms with Gasteiger partial charge in [-0.2, -0.15) is 0 Å². The molecule has 1 fully saturated rings. The van der Waals surface area contributed by atoms with Crippen LogP contribution in [0.4, 0.5) is 8.78 Å². The molecule has 3 aromatic rings. The van der Waals surface area contributed by atoms with Gasteiger partial charge in [0.2, 0.25) is 0 Å². The van der Waals surface area contributed by atoms with Gasteiger partial charge in [0.25, 0.3) is 5.72 Å². The lowest BCUT2D eigenvalue weighted by atomic mass is 9.89. The van der Waals surface area contributed by atoms with E-state index in [1.165, 1.54) is 12.1 Å². The molecule has 5 rings (SSSR count). The number of aliphatic hydroxyl groups is 1. The van der Waals surface area contributed by atoms with Crippen molar-refractivity contribution in [2.45, 2.75) is 44.9 Å². The van der Waals surface area contributed by atoms with Gasteiger partial charge in [-0.3, -0.25) is 0 Å². The SMILES string of the molecule is CCC(O)C1(c2cc(F)cc(F)c2)ON=C2/C(=C/c3ccc(-n4cnc(C)c4)c(OC)c3)CCCN21. The van der Waals surface area contributed by atoms with Crippen LogP contribution in [0.1, 0.15) is 43.0 Å². The van der Waals surface area contributed by atoms with Crippen LogP contribution in [-0.4, -0.2) is 45.2 Å². The Morgan fingerprint density at radius 3 is 2.67 bits per heavy atom. The summed E-state index contributed by atoms with van der Waals surface area (Å²) in [5.41, 5.74) is 2.25. The average molecular weight is 495 g/mol. The number of aryl methyl sites for hydroxylation is 1. The maximum Gasteiger partial charge on any atom is 0.263 e. The number of methoxy groups -OCH3 is 1. The molecule has 3 heterocycles. The summed E-state index contributed by atoms with van der Waals surface area (Å²) in [4.78, 5) is 12.0. The number of fused-ring (bicyclic) bond motifs is 1. The monoisotopic (exact) mass is 494 g/mol. The Kier molecular flexibility index (Phi) is 6.26. The Labute approximate surface area is 208 Å². The van der Waals surface area contributed by atoms with E-state index in [0.29, 0.717) is 24.6 Å². The van der Waals surface area contributed by atoms with E-state index in [-0.39, 0.29) is 5.56 Å². The lowest BCUT2D eigenvalue weighted by molar-refractivity contribution is -0.180. The normalized spacial score (nSPS) is 21.2. The van der Waals surface area contributed by atoms with E-state index in [4.69, 9.17) is 9.57 Å². The highest BCUT2D eigenvalue weighted by Crippen LogP contribution is 2.44. The molecule has 0 bridgehead atoms. The van der Waals surface area contributed by atoms with E-state index in [9.17, 15) is 13.9 Å². The number of hydrogen-bond acceptors (Lipinski definition) is 6. The first-order valence-electron chi connectivity index (χ1n) is 11.9. The maximum absolute atomic E-state index is 14.2. The second-order valence-corrected chi connectivity index (χ2v) is 9.06. The van der Waals surface area contributed by atoms with Crippen molar-refractivity contribution >= 4 is 11.9 Å². The van der Waals surface area contributed by atoms with Crippen molar-refractivity contribution in [1.82, 2.24) is 14.5 Å². The fourth-order valence-electron chi connectivity index (χ4n) is 4.98. The molecule has 2 atom stereocenters. The number of halogens is 2. The van der Waals surface area contributed by atoms with Crippen molar-refractivity contribution in [3.63, 3.8) is 0 Å². The number of benzene rings is 2. The van der Waals surface area contributed by atoms with E-state index < -0.39 is 23.5 Å². The predicted molar refractivity (Wildman–Crippen MR) is 132 cm³/mol. The minimum absolute atomic E-state index is 0.191. The molecule has 36 heavy (non-hydrogen) atoms. The van der Waals surface area contributed by atoms with Crippen LogP contribution in [0.15, 0.2) is 59.7 Å². The molecule has 2 unspecified atom stereocenters. The summed E-state index contributed by atoms with van der Waals surface area (Å²) in [5, 5.41) is 15.4. The number of piperidine rings is 1. The smallest absolute Gasteiger partial charge is 0.263 e. The Hall–Kier alpha value is -3.72. The average Bonchev–Trinajstić information content (AvgIpc) is 3.48. The molecule has 2 aliphatic rings. The number of amidine groups is 1. The van der Waals surface area contributed by atoms with Crippen LogP contribution in [0.5, 0.6) is 5.75 Å². The minimum atomic E-state index is -1.51. The van der Waals surface area contributed by atoms with Gasteiger partial charge in [-0.1, -0.05) is 18.1 Å². The topological polar surface area (TPSA) is 72.1 Å². The van der Waals surface area contributed by atoms with Gasteiger partial charge in [-0.25, -0.2) is 13.8 Å². The number of ether oxygens (including phenoxy) is 1. The molecule has 7 nitrogen and oxygen atoms in total. The zero-order valence-electron chi connectivity index (χ0n) is 20.4. The third kappa shape index (κ3) is 4.03. The second kappa shape index (κ2) is 9.39. The summed E-state index contributed by atoms with van der Waals surface area (Å²) < 4.78 is 35.9. The molecule has 0 aliphatic carbocycles. The molecule has 9 heteroatoms. The van der Waals surface area contributed by atoms with Gasteiger partial charge in [0, 0.05) is 24.4 Å². The summed E-state index contributed by atoms with van der Waals surface area (Å²) in [6, 6.07) is 9.06. The van der Waals surface area contributed by atoms with Gasteiger partial charge >= 0.3 is 0 Å². The van der Waals surface area contributed by atoms with Gasteiger partial charge in [0.1, 0.15) is 23.5 Å². The molecule has 188 valence electrons. The summed E-state index contributed by atoms with van der Waals surface area (Å²) in [6.45, 7) is 4.24. The van der Waals surface area contributed by atoms with Crippen LogP contribution in [0, 0.1) is 18.6 Å². The molecule has 1 N–H and O–H groups in total. The molecule has 1 aromatic heterocycles. The Bertz CT molecular complexity index is 1330. The van der Waals surface area contributed by atoms with Crippen LogP contribution >= 0.6 is 0 Å². The molecular weight excluding hydrogens is 466 g/mol. The standard InChI is InChI=1S/C27H28F2N4O3/c1-4-25(34)27(20-12-21(28)14-22(29)13-20)33-9-5-6-19(26(33)31-36-27)10-18-7-8-23(24(11-18)35-3)32-15-17(2)30-16-32/h7-8,10-16,25,34H,4-6,9H2,1-3H3/b19-10+. The highest BCUT2D eigenvalue weighted by atomic mass is 19.1. The molecular formula is C27H28F2N4O3. The number of rotatable bonds is 6. The minimum Gasteiger partial charge on any atom is -0.495 e. The number of aromatic nitrogens is 2. The molecule has 0 amide bonds. The van der Waals surface area contributed by atoms with Crippen molar-refractivity contribution in [2.75, 3.05) is 13.7 Å². The molecule has 0 spiro atoms. The van der Waals surface area contributed by atoms with Crippen molar-refractivity contribution in [1.29, 1.82) is 0 Å². The number of hydrogen-bond donors (Lipinski definition) is 1. The van der Waals surface area contributed by atoms with E-state index in [1.807, 2.05) is 46.9 Å². The zero-order valence-corrected chi connectivity index (χ0v) is 20.4. The Morgan fingerprint density at radius 1 is 1.22 bits per heavy atom. The van der Waals surface area contributed by atoms with E-state index in [0.717, 1.165) is 41.4 Å². The van der Waals surface area contributed by atoms with E-state index in [1.54, 1.807) is 20.4 Å². The third-order valence-corrected chi connectivity index (χ3v) is 6.69. The lowest BCUT2D eigenvalue weighted by Gasteiger charge is -2.42. The van der Waals surface area contributed by atoms with Gasteiger partial charge in [-0.15, -0.1) is 0 Å². The van der Waals surface area contributed by atoms with Crippen LogP contribution in [-0.2, 0) is 10.6 Å². The second-order valence-electron chi connectivity index (χ2n) is 9.06. The van der Waals surface area contributed by atoms with Crippen LogP contribution in [0.25, 0.3) is 11.8 Å². The summed E-state index contributed by atoms with van der Waals surface area (Å²) in [6.07, 6.45) is 6.41. The van der Waals surface area contributed by atoms with Crippen LogP contribution < -0.4 is 4.74 Å². The van der Waals surface area contributed by atoms with Crippen LogP contribution in [0.3, 0.4) is 0 Å². The Balaban J connectivity index is 1.52. The Morgan fingerprint density at radius 2 is 2.00 bits per heavy atom. The number of nitrogens with zero attached hydrogens (tertiary/aromatic N) is 4. The highest BCUT2D eigenvalue weighted by molar-refractivity contribution is 6.03. The first kappa shape index (κ1) is 24.0. The third-order valence-electron chi connectivity index (χ3n) is 6.69. The lowest BCUT2D eigenvalue weighted by Crippen LogP contribution is -2.55. The largest absolute Gasteiger partial charge is 0.495 e. The van der Waals surface area contributed by atoms with Gasteiger partial charge in [-0.05, 0) is 67.7 Å². The molecule has 0 radical (unpaired) electrons. The van der Waals surface area contributed by atoms with E-state index in [2.05, 4.69) is 10.1 Å². The molecule has 0 saturated carbocycles. The summed E-state index contributed by atoms with van der Waals surface area (Å²) >= 11 is 0. The summed E-state index contributed by atoms with van der Waals surface area (Å²) in [7, 11) is 1.62. The number of oxime groups is 1.